The van der Waals surface area contributed by atoms with Crippen LogP contribution in [-0.4, -0.2) is 51.9 Å². The summed E-state index contributed by atoms with van der Waals surface area (Å²) in [6, 6.07) is 7.19. The highest BCUT2D eigenvalue weighted by Gasteiger charge is 2.47. The number of primary amides is 1. The Morgan fingerprint density at radius 1 is 1.18 bits per heavy atom. The number of carbonyl (C=O) groups excluding carboxylic acids is 2. The van der Waals surface area contributed by atoms with Crippen molar-refractivity contribution in [1.82, 2.24) is 20.1 Å². The van der Waals surface area contributed by atoms with E-state index in [4.69, 9.17) is 38.4 Å². The molecule has 230 valence electrons. The zero-order valence-electron chi connectivity index (χ0n) is 24.0. The van der Waals surface area contributed by atoms with Crippen molar-refractivity contribution in [2.45, 2.75) is 44.2 Å². The maximum absolute atomic E-state index is 14.5. The van der Waals surface area contributed by atoms with Crippen molar-refractivity contribution in [2.75, 3.05) is 20.3 Å². The van der Waals surface area contributed by atoms with Crippen molar-refractivity contribution < 1.29 is 28.6 Å². The smallest absolute Gasteiger partial charge is 0.252 e. The van der Waals surface area contributed by atoms with Gasteiger partial charge in [0, 0.05) is 22.7 Å². The minimum Gasteiger partial charge on any atom is -0.494 e. The maximum Gasteiger partial charge on any atom is 0.252 e. The van der Waals surface area contributed by atoms with E-state index in [9.17, 15) is 19.1 Å². The number of amides is 2. The number of aliphatic hydroxyl groups is 1. The van der Waals surface area contributed by atoms with Crippen molar-refractivity contribution in [2.24, 2.45) is 11.7 Å². The third-order valence-corrected chi connectivity index (χ3v) is 8.79. The van der Waals surface area contributed by atoms with E-state index in [2.05, 4.69) is 15.4 Å². The summed E-state index contributed by atoms with van der Waals surface area (Å²) < 4.78 is 27.7. The van der Waals surface area contributed by atoms with Crippen molar-refractivity contribution >= 4 is 45.9 Å². The molecule has 2 saturated carbocycles. The molecule has 0 radical (unpaired) electrons. The van der Waals surface area contributed by atoms with Gasteiger partial charge in [-0.1, -0.05) is 23.2 Å². The zero-order valence-corrected chi connectivity index (χ0v) is 25.5. The Hall–Kier alpha value is -3.93. The maximum atomic E-state index is 14.5. The number of nitrogens with two attached hydrogens (primary N) is 1. The molecule has 2 aromatic heterocycles. The van der Waals surface area contributed by atoms with Crippen LogP contribution in [0.2, 0.25) is 10.0 Å². The first-order valence-corrected chi connectivity index (χ1v) is 15.0. The first-order valence-electron chi connectivity index (χ1n) is 14.2. The first-order chi connectivity index (χ1) is 21.0. The summed E-state index contributed by atoms with van der Waals surface area (Å²) in [6.07, 6.45) is 5.30. The van der Waals surface area contributed by atoms with Crippen LogP contribution in [-0.2, 0) is 5.60 Å². The minimum absolute atomic E-state index is 0.0159. The lowest BCUT2D eigenvalue weighted by Gasteiger charge is -2.29. The average Bonchev–Trinajstić information content (AvgIpc) is 3.94. The van der Waals surface area contributed by atoms with Gasteiger partial charge in [0.25, 0.3) is 11.8 Å². The zero-order chi connectivity index (χ0) is 31.3. The summed E-state index contributed by atoms with van der Waals surface area (Å²) in [6.45, 7) is 1.59. The molecular weight excluding hydrogens is 612 g/mol. The number of rotatable bonds is 11. The van der Waals surface area contributed by atoms with Crippen molar-refractivity contribution in [3.8, 4) is 22.8 Å². The van der Waals surface area contributed by atoms with Gasteiger partial charge in [0.2, 0.25) is 0 Å². The number of aromatic nitrogens is 3. The van der Waals surface area contributed by atoms with Gasteiger partial charge in [-0.2, -0.15) is 5.10 Å². The molecule has 44 heavy (non-hydrogen) atoms. The molecule has 0 unspecified atom stereocenters. The third-order valence-electron chi connectivity index (χ3n) is 7.98. The van der Waals surface area contributed by atoms with E-state index in [0.717, 1.165) is 30.4 Å². The van der Waals surface area contributed by atoms with Gasteiger partial charge in [-0.15, -0.1) is 0 Å². The van der Waals surface area contributed by atoms with Crippen molar-refractivity contribution in [3.63, 3.8) is 0 Å². The Morgan fingerprint density at radius 2 is 1.93 bits per heavy atom. The molecule has 2 aromatic carbocycles. The Labute approximate surface area is 262 Å². The van der Waals surface area contributed by atoms with Gasteiger partial charge in [-0.05, 0) is 68.9 Å². The van der Waals surface area contributed by atoms with Gasteiger partial charge in [0.05, 0.1) is 47.6 Å². The summed E-state index contributed by atoms with van der Waals surface area (Å²) in [7, 11) is 1.52. The standard InChI is InChI=1S/C31H30Cl2FN5O5/c1-3-44-28-21(29(35)40)12-24(37-27(28)20-10-18(34)11-22(32)25(20)33)31(42,17-4-5-17)14-36-30(41)15-8-16-13-39(19-6-7-19)38-26(16)23(9-15)43-2/h8-13,17,19,42H,3-7,14H2,1-2H3,(H2,35,40)(H,36,41)/t31-/m1/s1. The molecule has 0 saturated heterocycles. The fraction of sp³-hybridized carbons (Fsp3) is 0.355. The number of halogens is 3. The third kappa shape index (κ3) is 5.55. The highest BCUT2D eigenvalue weighted by atomic mass is 35.5. The fourth-order valence-electron chi connectivity index (χ4n) is 5.40. The van der Waals surface area contributed by atoms with Crippen LogP contribution in [0, 0.1) is 11.7 Å². The number of hydrogen-bond donors (Lipinski definition) is 3. The lowest BCUT2D eigenvalue weighted by atomic mass is 9.90. The van der Waals surface area contributed by atoms with Gasteiger partial charge in [0.1, 0.15) is 28.4 Å². The van der Waals surface area contributed by atoms with Crippen LogP contribution in [0.1, 0.15) is 65.1 Å². The SMILES string of the molecule is CCOc1c(C(N)=O)cc([C@@](O)(CNC(=O)c2cc(OC)c3nn(C4CC4)cc3c2)C2CC2)nc1-c1cc(F)cc(Cl)c1Cl. The summed E-state index contributed by atoms with van der Waals surface area (Å²) in [4.78, 5) is 30.8. The van der Waals surface area contributed by atoms with E-state index < -0.39 is 23.2 Å². The predicted octanol–water partition coefficient (Wildman–Crippen LogP) is 5.41. The number of ether oxygens (including phenoxy) is 2. The van der Waals surface area contributed by atoms with E-state index in [0.29, 0.717) is 35.7 Å². The minimum atomic E-state index is -1.71. The number of nitrogens with one attached hydrogen (secondary N) is 1. The summed E-state index contributed by atoms with van der Waals surface area (Å²) >= 11 is 12.6. The molecule has 1 atom stereocenters. The summed E-state index contributed by atoms with van der Waals surface area (Å²) in [5, 5.41) is 20.2. The number of fused-ring (bicyclic) bond motifs is 1. The molecule has 6 rings (SSSR count). The van der Waals surface area contributed by atoms with Crippen LogP contribution >= 0.6 is 23.2 Å². The molecule has 4 N–H and O–H groups in total. The van der Waals surface area contributed by atoms with E-state index >= 15 is 0 Å². The van der Waals surface area contributed by atoms with Crippen LogP contribution in [0.3, 0.4) is 0 Å². The molecule has 2 aliphatic rings. The van der Waals surface area contributed by atoms with Gasteiger partial charge in [-0.25, -0.2) is 9.37 Å². The quantitative estimate of drug-likeness (QED) is 0.186. The normalized spacial score (nSPS) is 16.0. The van der Waals surface area contributed by atoms with E-state index in [1.165, 1.54) is 13.2 Å². The molecule has 13 heteroatoms. The Morgan fingerprint density at radius 3 is 2.57 bits per heavy atom. The second-order valence-corrected chi connectivity index (χ2v) is 11.9. The van der Waals surface area contributed by atoms with Crippen molar-refractivity contribution in [3.05, 3.63) is 69.2 Å². The van der Waals surface area contributed by atoms with Gasteiger partial charge in [-0.3, -0.25) is 14.3 Å². The van der Waals surface area contributed by atoms with Gasteiger partial charge < -0.3 is 25.6 Å². The summed E-state index contributed by atoms with van der Waals surface area (Å²) in [5.74, 6) is -1.86. The Kier molecular flexibility index (Phi) is 7.89. The molecule has 10 nitrogen and oxygen atoms in total. The van der Waals surface area contributed by atoms with E-state index in [1.54, 1.807) is 19.1 Å². The highest BCUT2D eigenvalue weighted by Crippen LogP contribution is 2.48. The molecule has 2 heterocycles. The molecule has 0 bridgehead atoms. The van der Waals surface area contributed by atoms with E-state index in [-0.39, 0.29) is 57.4 Å². The lowest BCUT2D eigenvalue weighted by molar-refractivity contribution is 0.00946. The second-order valence-electron chi connectivity index (χ2n) is 11.1. The van der Waals surface area contributed by atoms with Crippen LogP contribution in [0.5, 0.6) is 11.5 Å². The number of benzene rings is 2. The fourth-order valence-corrected chi connectivity index (χ4v) is 5.80. The monoisotopic (exact) mass is 641 g/mol. The number of nitrogens with zero attached hydrogens (tertiary/aromatic N) is 3. The van der Waals surface area contributed by atoms with Gasteiger partial charge >= 0.3 is 0 Å². The van der Waals surface area contributed by atoms with Gasteiger partial charge in [0.15, 0.2) is 5.75 Å². The van der Waals surface area contributed by atoms with Crippen LogP contribution in [0.15, 0.2) is 36.5 Å². The Bertz CT molecular complexity index is 1810. The Balaban J connectivity index is 1.38. The molecule has 2 fully saturated rings. The average molecular weight is 643 g/mol. The topological polar surface area (TPSA) is 142 Å². The van der Waals surface area contributed by atoms with Crippen LogP contribution in [0.25, 0.3) is 22.2 Å². The molecule has 0 aliphatic heterocycles. The second kappa shape index (κ2) is 11.5. The number of carbonyl (C=O) groups is 2. The number of methoxy groups -OCH3 is 1. The first kappa shape index (κ1) is 30.1. The molecule has 2 amide bonds. The van der Waals surface area contributed by atoms with E-state index in [1.807, 2.05) is 10.9 Å². The highest BCUT2D eigenvalue weighted by molar-refractivity contribution is 6.43. The largest absolute Gasteiger partial charge is 0.494 e. The molecule has 4 aromatic rings. The number of hydrogen-bond acceptors (Lipinski definition) is 7. The molecular formula is C31H30Cl2FN5O5. The van der Waals surface area contributed by atoms with Crippen molar-refractivity contribution in [1.29, 1.82) is 0 Å². The van der Waals surface area contributed by atoms with Crippen LogP contribution < -0.4 is 20.5 Å². The number of pyridine rings is 1. The predicted molar refractivity (Wildman–Crippen MR) is 163 cm³/mol. The molecule has 0 spiro atoms. The molecule has 2 aliphatic carbocycles. The summed E-state index contributed by atoms with van der Waals surface area (Å²) in [5.41, 5.74) is 5.00. The van der Waals surface area contributed by atoms with Crippen LogP contribution in [0.4, 0.5) is 4.39 Å². The lowest BCUT2D eigenvalue weighted by Crippen LogP contribution is -2.43.